The Hall–Kier alpha value is -2.56. The molecule has 1 N–H and O–H groups in total. The van der Waals surface area contributed by atoms with Crippen molar-refractivity contribution in [2.45, 2.75) is 19.3 Å². The standard InChI is InChI=1S/C19H21N3O2/c23-19(15-12-14-6-1-2-8-17(14)24-13-15)21-16-7-5-9-20-18(16)22-10-3-4-11-22/h1-2,5-9,15H,3-4,10-13H2,(H,21,23)/t15-/m1/s1. The number of nitrogens with zero attached hydrogens (tertiary/aromatic N) is 2. The highest BCUT2D eigenvalue weighted by Crippen LogP contribution is 2.29. The number of benzene rings is 1. The van der Waals surface area contributed by atoms with Crippen molar-refractivity contribution in [1.29, 1.82) is 0 Å². The van der Waals surface area contributed by atoms with Gasteiger partial charge in [0.15, 0.2) is 5.82 Å². The van der Waals surface area contributed by atoms with Crippen LogP contribution in [0.2, 0.25) is 0 Å². The first kappa shape index (κ1) is 15.0. The van der Waals surface area contributed by atoms with Crippen molar-refractivity contribution in [1.82, 2.24) is 4.98 Å². The zero-order valence-corrected chi connectivity index (χ0v) is 13.6. The number of ether oxygens (including phenoxy) is 1. The number of para-hydroxylation sites is 1. The number of hydrogen-bond donors (Lipinski definition) is 1. The predicted molar refractivity (Wildman–Crippen MR) is 93.4 cm³/mol. The molecule has 2 aliphatic rings. The van der Waals surface area contributed by atoms with E-state index in [1.807, 2.05) is 36.4 Å². The summed E-state index contributed by atoms with van der Waals surface area (Å²) in [6.45, 7) is 2.42. The van der Waals surface area contributed by atoms with Crippen LogP contribution in [0.3, 0.4) is 0 Å². The number of fused-ring (bicyclic) bond motifs is 1. The highest BCUT2D eigenvalue weighted by molar-refractivity contribution is 5.95. The minimum atomic E-state index is -0.175. The second-order valence-corrected chi connectivity index (χ2v) is 6.38. The van der Waals surface area contributed by atoms with Gasteiger partial charge in [0.1, 0.15) is 12.4 Å². The van der Waals surface area contributed by atoms with Crippen molar-refractivity contribution in [3.8, 4) is 5.75 Å². The Morgan fingerprint density at radius 1 is 1.17 bits per heavy atom. The SMILES string of the molecule is O=C(Nc1cccnc1N1CCCC1)[C@H]1COc2ccccc2C1. The molecule has 24 heavy (non-hydrogen) atoms. The van der Waals surface area contributed by atoms with Crippen molar-refractivity contribution in [3.63, 3.8) is 0 Å². The quantitative estimate of drug-likeness (QED) is 0.944. The molecule has 0 spiro atoms. The maximum atomic E-state index is 12.7. The third-order valence-corrected chi connectivity index (χ3v) is 4.70. The van der Waals surface area contributed by atoms with Crippen molar-refractivity contribution >= 4 is 17.4 Å². The molecule has 1 aromatic heterocycles. The largest absolute Gasteiger partial charge is 0.492 e. The van der Waals surface area contributed by atoms with Gasteiger partial charge in [0.05, 0.1) is 11.6 Å². The van der Waals surface area contributed by atoms with E-state index in [9.17, 15) is 4.79 Å². The van der Waals surface area contributed by atoms with Gasteiger partial charge in [-0.2, -0.15) is 0 Å². The lowest BCUT2D eigenvalue weighted by Crippen LogP contribution is -2.33. The molecule has 1 fully saturated rings. The topological polar surface area (TPSA) is 54.5 Å². The van der Waals surface area contributed by atoms with E-state index < -0.39 is 0 Å². The number of hydrogen-bond acceptors (Lipinski definition) is 4. The molecule has 0 aliphatic carbocycles. The first-order valence-electron chi connectivity index (χ1n) is 8.53. The first-order chi connectivity index (χ1) is 11.8. The van der Waals surface area contributed by atoms with Crippen LogP contribution in [0.25, 0.3) is 0 Å². The molecule has 124 valence electrons. The zero-order valence-electron chi connectivity index (χ0n) is 13.6. The summed E-state index contributed by atoms with van der Waals surface area (Å²) in [6, 6.07) is 11.7. The van der Waals surface area contributed by atoms with Crippen molar-refractivity contribution in [3.05, 3.63) is 48.2 Å². The summed E-state index contributed by atoms with van der Waals surface area (Å²) >= 11 is 0. The van der Waals surface area contributed by atoms with E-state index in [-0.39, 0.29) is 11.8 Å². The molecular formula is C19H21N3O2. The van der Waals surface area contributed by atoms with Gasteiger partial charge in [0.2, 0.25) is 5.91 Å². The van der Waals surface area contributed by atoms with Crippen LogP contribution in [0.4, 0.5) is 11.5 Å². The molecule has 0 bridgehead atoms. The van der Waals surface area contributed by atoms with Gasteiger partial charge in [-0.25, -0.2) is 4.98 Å². The molecule has 0 radical (unpaired) electrons. The summed E-state index contributed by atoms with van der Waals surface area (Å²) in [4.78, 5) is 19.4. The van der Waals surface area contributed by atoms with Crippen LogP contribution in [-0.4, -0.2) is 30.6 Å². The van der Waals surface area contributed by atoms with Gasteiger partial charge in [-0.05, 0) is 43.0 Å². The number of pyridine rings is 1. The Balaban J connectivity index is 1.49. The van der Waals surface area contributed by atoms with E-state index in [4.69, 9.17) is 4.74 Å². The van der Waals surface area contributed by atoms with Crippen LogP contribution in [0, 0.1) is 5.92 Å². The normalized spacial score (nSPS) is 19.5. The van der Waals surface area contributed by atoms with Gasteiger partial charge in [-0.3, -0.25) is 4.79 Å². The number of amides is 1. The number of carbonyl (C=O) groups excluding carboxylic acids is 1. The average molecular weight is 323 g/mol. The summed E-state index contributed by atoms with van der Waals surface area (Å²) in [5.41, 5.74) is 1.89. The van der Waals surface area contributed by atoms with Gasteiger partial charge in [0.25, 0.3) is 0 Å². The molecule has 4 rings (SSSR count). The number of nitrogens with one attached hydrogen (secondary N) is 1. The lowest BCUT2D eigenvalue weighted by Gasteiger charge is -2.25. The van der Waals surface area contributed by atoms with Crippen molar-refractivity contribution in [2.24, 2.45) is 5.92 Å². The molecule has 3 heterocycles. The maximum Gasteiger partial charge on any atom is 0.231 e. The minimum absolute atomic E-state index is 0.00190. The molecule has 1 amide bonds. The Morgan fingerprint density at radius 2 is 2.00 bits per heavy atom. The van der Waals surface area contributed by atoms with E-state index in [1.54, 1.807) is 6.20 Å². The fraction of sp³-hybridized carbons (Fsp3) is 0.368. The van der Waals surface area contributed by atoms with E-state index in [0.29, 0.717) is 13.0 Å². The molecule has 1 aromatic carbocycles. The second kappa shape index (κ2) is 6.51. The maximum absolute atomic E-state index is 12.7. The average Bonchev–Trinajstić information content (AvgIpc) is 3.16. The van der Waals surface area contributed by atoms with E-state index in [2.05, 4.69) is 15.2 Å². The highest BCUT2D eigenvalue weighted by Gasteiger charge is 2.27. The van der Waals surface area contributed by atoms with Crippen molar-refractivity contribution < 1.29 is 9.53 Å². The lowest BCUT2D eigenvalue weighted by atomic mass is 9.96. The molecular weight excluding hydrogens is 302 g/mol. The van der Waals surface area contributed by atoms with E-state index in [0.717, 1.165) is 35.9 Å². The lowest BCUT2D eigenvalue weighted by molar-refractivity contribution is -0.121. The highest BCUT2D eigenvalue weighted by atomic mass is 16.5. The Labute approximate surface area is 141 Å². The first-order valence-corrected chi connectivity index (χ1v) is 8.53. The molecule has 5 heteroatoms. The third kappa shape index (κ3) is 2.94. The molecule has 0 unspecified atom stereocenters. The predicted octanol–water partition coefficient (Wildman–Crippen LogP) is 2.87. The summed E-state index contributed by atoms with van der Waals surface area (Å²) in [5, 5.41) is 3.06. The van der Waals surface area contributed by atoms with Crippen LogP contribution < -0.4 is 15.0 Å². The molecule has 1 atom stereocenters. The molecule has 2 aromatic rings. The molecule has 0 saturated carbocycles. The Kier molecular flexibility index (Phi) is 4.07. The van der Waals surface area contributed by atoms with Crippen LogP contribution in [0.1, 0.15) is 18.4 Å². The number of anilines is 2. The molecule has 1 saturated heterocycles. The summed E-state index contributed by atoms with van der Waals surface area (Å²) < 4.78 is 5.74. The van der Waals surface area contributed by atoms with Gasteiger partial charge in [-0.15, -0.1) is 0 Å². The second-order valence-electron chi connectivity index (χ2n) is 6.38. The molecule has 2 aliphatic heterocycles. The Bertz CT molecular complexity index is 741. The monoisotopic (exact) mass is 323 g/mol. The van der Waals surface area contributed by atoms with Crippen LogP contribution in [0.5, 0.6) is 5.75 Å². The molecule has 5 nitrogen and oxygen atoms in total. The minimum Gasteiger partial charge on any atom is -0.492 e. The van der Waals surface area contributed by atoms with Crippen LogP contribution in [-0.2, 0) is 11.2 Å². The zero-order chi connectivity index (χ0) is 16.4. The van der Waals surface area contributed by atoms with Gasteiger partial charge in [-0.1, -0.05) is 18.2 Å². The Morgan fingerprint density at radius 3 is 2.88 bits per heavy atom. The van der Waals surface area contributed by atoms with Crippen LogP contribution in [0.15, 0.2) is 42.6 Å². The number of rotatable bonds is 3. The van der Waals surface area contributed by atoms with Gasteiger partial charge >= 0.3 is 0 Å². The summed E-state index contributed by atoms with van der Waals surface area (Å²) in [6.07, 6.45) is 4.85. The smallest absolute Gasteiger partial charge is 0.231 e. The van der Waals surface area contributed by atoms with Gasteiger partial charge in [0, 0.05) is 19.3 Å². The number of carbonyl (C=O) groups is 1. The summed E-state index contributed by atoms with van der Waals surface area (Å²) in [5.74, 6) is 1.59. The van der Waals surface area contributed by atoms with Crippen molar-refractivity contribution in [2.75, 3.05) is 29.9 Å². The summed E-state index contributed by atoms with van der Waals surface area (Å²) in [7, 11) is 0. The van der Waals surface area contributed by atoms with Crippen LogP contribution >= 0.6 is 0 Å². The third-order valence-electron chi connectivity index (χ3n) is 4.70. The fourth-order valence-corrected chi connectivity index (χ4v) is 3.41. The van der Waals surface area contributed by atoms with E-state index >= 15 is 0 Å². The fourth-order valence-electron chi connectivity index (χ4n) is 3.41. The number of aromatic nitrogens is 1. The van der Waals surface area contributed by atoms with Gasteiger partial charge < -0.3 is 15.0 Å². The van der Waals surface area contributed by atoms with E-state index in [1.165, 1.54) is 12.8 Å².